The predicted molar refractivity (Wildman–Crippen MR) is 161 cm³/mol. The molecule has 2 aromatic heterocycles. The quantitative estimate of drug-likeness (QED) is 0.200. The van der Waals surface area contributed by atoms with Crippen molar-refractivity contribution in [2.24, 2.45) is 0 Å². The molecule has 2 saturated heterocycles. The van der Waals surface area contributed by atoms with Crippen molar-refractivity contribution in [3.8, 4) is 17.0 Å². The molecule has 238 valence electrons. The van der Waals surface area contributed by atoms with Gasteiger partial charge in [0.05, 0.1) is 18.1 Å². The number of pyridine rings is 1. The number of hydrogen-bond acceptors (Lipinski definition) is 10. The number of hydrogen-bond donors (Lipinski definition) is 1. The molecule has 4 heterocycles. The molecule has 0 saturated carbocycles. The highest BCUT2D eigenvalue weighted by Crippen LogP contribution is 2.38. The van der Waals surface area contributed by atoms with E-state index >= 15 is 0 Å². The Morgan fingerprint density at radius 2 is 1.84 bits per heavy atom. The van der Waals surface area contributed by atoms with Crippen LogP contribution in [0.15, 0.2) is 53.6 Å². The fraction of sp³-hybridized carbons (Fsp3) is 0.367. The predicted octanol–water partition coefficient (Wildman–Crippen LogP) is 3.90. The highest BCUT2D eigenvalue weighted by atomic mass is 32.2. The lowest BCUT2D eigenvalue weighted by Crippen LogP contribution is -2.53. The molecule has 0 amide bonds. The first-order valence-corrected chi connectivity index (χ1v) is 15.8. The van der Waals surface area contributed by atoms with E-state index in [0.29, 0.717) is 48.4 Å². The van der Waals surface area contributed by atoms with Crippen LogP contribution in [-0.2, 0) is 30.9 Å². The first kappa shape index (κ1) is 30.7. The fourth-order valence-electron chi connectivity index (χ4n) is 6.24. The van der Waals surface area contributed by atoms with Crippen molar-refractivity contribution in [2.45, 2.75) is 42.7 Å². The minimum absolute atomic E-state index is 0.127. The summed E-state index contributed by atoms with van der Waals surface area (Å²) < 4.78 is 68.3. The largest absolute Gasteiger partial charge is 0.479 e. The summed E-state index contributed by atoms with van der Waals surface area (Å²) in [5, 5.41) is 0. The van der Waals surface area contributed by atoms with Crippen LogP contribution < -0.4 is 14.9 Å². The van der Waals surface area contributed by atoms with Crippen LogP contribution in [0, 0.1) is 11.6 Å². The Labute approximate surface area is 258 Å². The molecule has 0 atom stereocenters. The number of sulfonamides is 1. The highest BCUT2D eigenvalue weighted by Gasteiger charge is 2.41. The zero-order chi connectivity index (χ0) is 31.8. The molecule has 2 aliphatic heterocycles. The number of methoxy groups -OCH3 is 1. The van der Waals surface area contributed by atoms with Crippen LogP contribution in [-0.4, -0.2) is 73.3 Å². The van der Waals surface area contributed by atoms with E-state index in [-0.39, 0.29) is 28.0 Å². The van der Waals surface area contributed by atoms with Gasteiger partial charge in [0.15, 0.2) is 5.69 Å². The molecule has 0 unspecified atom stereocenters. The number of nitrogens with two attached hydrogens (primary N) is 1. The number of likely N-dealkylation sites (tertiary alicyclic amines) is 1. The number of nitrogens with zero attached hydrogens (tertiary/aromatic N) is 5. The Bertz CT molecular complexity index is 1840. The van der Waals surface area contributed by atoms with Crippen LogP contribution in [0.1, 0.15) is 25.7 Å². The van der Waals surface area contributed by atoms with Crippen LogP contribution in [0.2, 0.25) is 0 Å². The number of carbonyl (C=O) groups excluding carboxylic acids is 1. The van der Waals surface area contributed by atoms with Gasteiger partial charge >= 0.3 is 6.47 Å². The lowest BCUT2D eigenvalue weighted by atomic mass is 9.87. The zero-order valence-corrected chi connectivity index (χ0v) is 25.3. The minimum Gasteiger partial charge on any atom is -0.479 e. The van der Waals surface area contributed by atoms with E-state index in [1.54, 1.807) is 12.1 Å². The van der Waals surface area contributed by atoms with Gasteiger partial charge in [0.25, 0.3) is 10.0 Å². The number of imidazole rings is 1. The number of aromatic nitrogens is 3. The third-order valence-corrected chi connectivity index (χ3v) is 10.1. The molecule has 0 radical (unpaired) electrons. The number of nitrogen functional groups attached to an aromatic ring is 1. The van der Waals surface area contributed by atoms with Gasteiger partial charge in [-0.3, -0.25) is 9.69 Å². The fourth-order valence-corrected chi connectivity index (χ4v) is 7.50. The van der Waals surface area contributed by atoms with E-state index in [4.69, 9.17) is 20.0 Å². The first-order valence-electron chi connectivity index (χ1n) is 14.4. The summed E-state index contributed by atoms with van der Waals surface area (Å²) in [6, 6.07) is 8.76. The SMILES string of the molecule is COc1ncc(-c2ccc3nc(N)n(CC4(N5CCCC5)CCOCC4)c3c2)cc1N(OC=O)S(=O)(=O)c1ccc(F)cc1F. The van der Waals surface area contributed by atoms with Gasteiger partial charge in [-0.15, -0.1) is 0 Å². The second-order valence-corrected chi connectivity index (χ2v) is 12.8. The van der Waals surface area contributed by atoms with Crippen molar-refractivity contribution in [1.29, 1.82) is 0 Å². The average Bonchev–Trinajstić information content (AvgIpc) is 3.68. The van der Waals surface area contributed by atoms with E-state index < -0.39 is 26.6 Å². The van der Waals surface area contributed by atoms with E-state index in [1.807, 2.05) is 10.6 Å². The summed E-state index contributed by atoms with van der Waals surface area (Å²) in [5.41, 5.74) is 8.54. The molecule has 6 rings (SSSR count). The molecule has 4 aromatic rings. The van der Waals surface area contributed by atoms with Gasteiger partial charge in [-0.05, 0) is 74.7 Å². The molecule has 12 nitrogen and oxygen atoms in total. The van der Waals surface area contributed by atoms with Gasteiger partial charge in [-0.1, -0.05) is 10.5 Å². The number of benzene rings is 2. The van der Waals surface area contributed by atoms with Gasteiger partial charge < -0.3 is 24.6 Å². The molecular weight excluding hydrogens is 610 g/mol. The summed E-state index contributed by atoms with van der Waals surface area (Å²) in [4.78, 5) is 26.8. The third kappa shape index (κ3) is 5.66. The van der Waals surface area contributed by atoms with Crippen LogP contribution in [0.25, 0.3) is 22.2 Å². The van der Waals surface area contributed by atoms with Crippen molar-refractivity contribution < 1.29 is 36.3 Å². The maximum Gasteiger partial charge on any atom is 0.322 e. The van der Waals surface area contributed by atoms with Gasteiger partial charge in [0.1, 0.15) is 16.5 Å². The monoisotopic (exact) mass is 642 g/mol. The van der Waals surface area contributed by atoms with Crippen molar-refractivity contribution in [1.82, 2.24) is 19.4 Å². The summed E-state index contributed by atoms with van der Waals surface area (Å²) in [6.07, 6.45) is 5.49. The van der Waals surface area contributed by atoms with Crippen molar-refractivity contribution in [2.75, 3.05) is 43.6 Å². The third-order valence-electron chi connectivity index (χ3n) is 8.52. The van der Waals surface area contributed by atoms with Crippen LogP contribution >= 0.6 is 0 Å². The molecule has 0 aliphatic carbocycles. The number of rotatable bonds is 10. The van der Waals surface area contributed by atoms with Crippen LogP contribution in [0.5, 0.6) is 5.88 Å². The van der Waals surface area contributed by atoms with Crippen molar-refractivity contribution in [3.63, 3.8) is 0 Å². The lowest BCUT2D eigenvalue weighted by Gasteiger charge is -2.45. The molecule has 2 N–H and O–H groups in total. The minimum atomic E-state index is -4.89. The smallest absolute Gasteiger partial charge is 0.322 e. The van der Waals surface area contributed by atoms with Gasteiger partial charge in [0, 0.05) is 43.1 Å². The normalized spacial score (nSPS) is 17.0. The molecule has 0 spiro atoms. The van der Waals surface area contributed by atoms with E-state index in [1.165, 1.54) is 19.4 Å². The number of carbonyl (C=O) groups is 1. The number of fused-ring (bicyclic) bond motifs is 1. The molecular formula is C30H32F2N6O6S. The molecule has 0 bridgehead atoms. The van der Waals surface area contributed by atoms with Crippen molar-refractivity contribution in [3.05, 3.63) is 60.3 Å². The maximum absolute atomic E-state index is 14.6. The Morgan fingerprint density at radius 1 is 1.09 bits per heavy atom. The zero-order valence-electron chi connectivity index (χ0n) is 24.5. The molecule has 2 aliphatic rings. The second kappa shape index (κ2) is 12.2. The van der Waals surface area contributed by atoms with E-state index in [0.717, 1.165) is 56.4 Å². The van der Waals surface area contributed by atoms with Gasteiger partial charge in [0.2, 0.25) is 11.8 Å². The maximum atomic E-state index is 14.6. The van der Waals surface area contributed by atoms with Crippen LogP contribution in [0.4, 0.5) is 20.4 Å². The van der Waals surface area contributed by atoms with E-state index in [2.05, 4.69) is 14.9 Å². The van der Waals surface area contributed by atoms with Gasteiger partial charge in [-0.2, -0.15) is 8.42 Å². The first-order chi connectivity index (χ1) is 21.7. The summed E-state index contributed by atoms with van der Waals surface area (Å²) in [7, 11) is -3.65. The van der Waals surface area contributed by atoms with E-state index in [9.17, 15) is 22.0 Å². The summed E-state index contributed by atoms with van der Waals surface area (Å²) >= 11 is 0. The topological polar surface area (TPSA) is 142 Å². The number of halogens is 2. The Balaban J connectivity index is 1.42. The summed E-state index contributed by atoms with van der Waals surface area (Å²) in [5.74, 6) is -2.20. The van der Waals surface area contributed by atoms with Gasteiger partial charge in [-0.25, -0.2) is 18.7 Å². The highest BCUT2D eigenvalue weighted by molar-refractivity contribution is 7.92. The number of ether oxygens (including phenoxy) is 2. The average molecular weight is 643 g/mol. The second-order valence-electron chi connectivity index (χ2n) is 11.1. The Morgan fingerprint density at radius 3 is 2.53 bits per heavy atom. The molecule has 15 heteroatoms. The molecule has 2 aromatic carbocycles. The summed E-state index contributed by atoms with van der Waals surface area (Å²) in [6.45, 7) is 3.85. The Hall–Kier alpha value is -4.34. The Kier molecular flexibility index (Phi) is 8.33. The standard InChI is InChI=1S/C30H32F2N6O6S/c1-42-28-26(38(44-19-39)45(40,41)27-7-5-22(31)16-23(27)32)15-21(17-34-28)20-4-6-24-25(14-20)37(29(33)35-24)18-30(8-12-43-13-9-30)36-10-2-3-11-36/h4-7,14-17,19H,2-3,8-13,18H2,1H3,(H2,33,35). The lowest BCUT2D eigenvalue weighted by molar-refractivity contribution is -0.128. The van der Waals surface area contributed by atoms with Crippen LogP contribution in [0.3, 0.4) is 0 Å². The molecule has 45 heavy (non-hydrogen) atoms. The molecule has 2 fully saturated rings. The van der Waals surface area contributed by atoms with Crippen molar-refractivity contribution >= 4 is 39.2 Å². The number of anilines is 2.